The highest BCUT2D eigenvalue weighted by atomic mass is 32.1. The summed E-state index contributed by atoms with van der Waals surface area (Å²) in [6.07, 6.45) is 4.37. The molecule has 3 rings (SSSR count). The number of nitrogens with one attached hydrogen (secondary N) is 3. The second-order valence-corrected chi connectivity index (χ2v) is 6.49. The third-order valence-electron chi connectivity index (χ3n) is 3.08. The standard InChI is InChI=1S/C17H14N4OS2/c18-8-4-9-19-12-5-1-2-6-13(12)20-16(22)14-11-24-17(21-14)15-7-3-10-23-15/h1-11,18-19H,(H,20,22)/b9-4-,18-8?. The number of para-hydroxylation sites is 2. The SMILES string of the molecule is N=C/C=C\Nc1ccccc1NC(=O)c1csc(-c2cccs2)n1. The fraction of sp³-hybridized carbons (Fsp3) is 0. The number of thiazole rings is 1. The number of benzene rings is 1. The number of thiophene rings is 1. The van der Waals surface area contributed by atoms with Gasteiger partial charge in [0, 0.05) is 17.8 Å². The number of carbonyl (C=O) groups excluding carboxylic acids is 1. The molecular formula is C17H14N4OS2. The average Bonchev–Trinajstić information content (AvgIpc) is 3.28. The minimum Gasteiger partial charge on any atom is -0.360 e. The van der Waals surface area contributed by atoms with Crippen LogP contribution >= 0.6 is 22.7 Å². The van der Waals surface area contributed by atoms with Crippen molar-refractivity contribution in [2.24, 2.45) is 0 Å². The molecule has 0 atom stereocenters. The van der Waals surface area contributed by atoms with E-state index in [2.05, 4.69) is 15.6 Å². The summed E-state index contributed by atoms with van der Waals surface area (Å²) in [5.41, 5.74) is 1.80. The van der Waals surface area contributed by atoms with Gasteiger partial charge in [-0.2, -0.15) is 0 Å². The van der Waals surface area contributed by atoms with Crippen molar-refractivity contribution in [3.63, 3.8) is 0 Å². The second-order valence-electron chi connectivity index (χ2n) is 4.69. The highest BCUT2D eigenvalue weighted by Gasteiger charge is 2.13. The Morgan fingerprint density at radius 2 is 1.96 bits per heavy atom. The number of aromatic nitrogens is 1. The van der Waals surface area contributed by atoms with E-state index in [0.717, 1.165) is 15.6 Å². The van der Waals surface area contributed by atoms with E-state index < -0.39 is 0 Å². The van der Waals surface area contributed by atoms with Crippen molar-refractivity contribution in [2.75, 3.05) is 10.6 Å². The second kappa shape index (κ2) is 7.67. The molecule has 0 aliphatic heterocycles. The molecule has 0 fully saturated rings. The van der Waals surface area contributed by atoms with Gasteiger partial charge in [0.05, 0.1) is 16.3 Å². The number of anilines is 2. The van der Waals surface area contributed by atoms with Crippen molar-refractivity contribution in [3.8, 4) is 9.88 Å². The summed E-state index contributed by atoms with van der Waals surface area (Å²) >= 11 is 3.05. The molecule has 0 unspecified atom stereocenters. The predicted molar refractivity (Wildman–Crippen MR) is 101 cm³/mol. The normalized spacial score (nSPS) is 10.7. The lowest BCUT2D eigenvalue weighted by atomic mass is 10.2. The van der Waals surface area contributed by atoms with Crippen LogP contribution in [0.4, 0.5) is 11.4 Å². The van der Waals surface area contributed by atoms with E-state index in [1.165, 1.54) is 17.6 Å². The maximum atomic E-state index is 12.4. The molecule has 0 aliphatic rings. The highest BCUT2D eigenvalue weighted by Crippen LogP contribution is 2.28. The molecule has 0 radical (unpaired) electrons. The van der Waals surface area contributed by atoms with E-state index in [1.807, 2.05) is 41.8 Å². The zero-order chi connectivity index (χ0) is 16.8. The summed E-state index contributed by atoms with van der Waals surface area (Å²) in [4.78, 5) is 17.9. The van der Waals surface area contributed by atoms with Gasteiger partial charge in [-0.05, 0) is 29.7 Å². The molecule has 120 valence electrons. The summed E-state index contributed by atoms with van der Waals surface area (Å²) in [6, 6.07) is 11.3. The predicted octanol–water partition coefficient (Wildman–Crippen LogP) is 4.70. The first kappa shape index (κ1) is 16.1. The Morgan fingerprint density at radius 3 is 2.71 bits per heavy atom. The Hall–Kier alpha value is -2.77. The maximum absolute atomic E-state index is 12.4. The van der Waals surface area contributed by atoms with E-state index in [-0.39, 0.29) is 5.91 Å². The largest absolute Gasteiger partial charge is 0.360 e. The van der Waals surface area contributed by atoms with Crippen molar-refractivity contribution < 1.29 is 4.79 Å². The van der Waals surface area contributed by atoms with E-state index in [1.54, 1.807) is 29.0 Å². The Kier molecular flexibility index (Phi) is 5.15. The van der Waals surface area contributed by atoms with E-state index in [0.29, 0.717) is 11.4 Å². The smallest absolute Gasteiger partial charge is 0.275 e. The van der Waals surface area contributed by atoms with Crippen LogP contribution in [-0.4, -0.2) is 17.1 Å². The first-order chi connectivity index (χ1) is 11.8. The quantitative estimate of drug-likeness (QED) is 0.562. The molecule has 1 aromatic carbocycles. The molecule has 0 aliphatic carbocycles. The Bertz CT molecular complexity index is 868. The molecular weight excluding hydrogens is 340 g/mol. The van der Waals surface area contributed by atoms with Crippen LogP contribution in [0.3, 0.4) is 0 Å². The molecule has 5 nitrogen and oxygen atoms in total. The van der Waals surface area contributed by atoms with E-state index in [9.17, 15) is 4.79 Å². The molecule has 2 aromatic heterocycles. The fourth-order valence-electron chi connectivity index (χ4n) is 1.98. The van der Waals surface area contributed by atoms with Gasteiger partial charge in [-0.15, -0.1) is 22.7 Å². The van der Waals surface area contributed by atoms with Gasteiger partial charge < -0.3 is 16.0 Å². The van der Waals surface area contributed by atoms with Crippen LogP contribution in [0.2, 0.25) is 0 Å². The monoisotopic (exact) mass is 354 g/mol. The summed E-state index contributed by atoms with van der Waals surface area (Å²) in [6.45, 7) is 0. The van der Waals surface area contributed by atoms with Crippen LogP contribution in [0.25, 0.3) is 9.88 Å². The van der Waals surface area contributed by atoms with Gasteiger partial charge in [-0.1, -0.05) is 18.2 Å². The lowest BCUT2D eigenvalue weighted by molar-refractivity contribution is 0.102. The van der Waals surface area contributed by atoms with Gasteiger partial charge in [-0.25, -0.2) is 4.98 Å². The van der Waals surface area contributed by atoms with Crippen molar-refractivity contribution >= 4 is 46.2 Å². The fourth-order valence-corrected chi connectivity index (χ4v) is 3.60. The zero-order valence-electron chi connectivity index (χ0n) is 12.5. The third kappa shape index (κ3) is 3.76. The molecule has 24 heavy (non-hydrogen) atoms. The van der Waals surface area contributed by atoms with Crippen molar-refractivity contribution in [3.05, 3.63) is 65.1 Å². The van der Waals surface area contributed by atoms with Gasteiger partial charge in [-0.3, -0.25) is 4.79 Å². The maximum Gasteiger partial charge on any atom is 0.275 e. The van der Waals surface area contributed by atoms with E-state index >= 15 is 0 Å². The minimum atomic E-state index is -0.251. The molecule has 3 aromatic rings. The van der Waals surface area contributed by atoms with Gasteiger partial charge in [0.15, 0.2) is 0 Å². The van der Waals surface area contributed by atoms with Crippen LogP contribution in [0.5, 0.6) is 0 Å². The first-order valence-electron chi connectivity index (χ1n) is 7.10. The molecule has 0 saturated carbocycles. The number of allylic oxidation sites excluding steroid dienone is 1. The molecule has 1 amide bonds. The van der Waals surface area contributed by atoms with Gasteiger partial charge in [0.2, 0.25) is 0 Å². The number of nitrogens with zero attached hydrogens (tertiary/aromatic N) is 1. The van der Waals surface area contributed by atoms with Crippen molar-refractivity contribution in [2.45, 2.75) is 0 Å². The Morgan fingerprint density at radius 1 is 1.12 bits per heavy atom. The molecule has 7 heteroatoms. The summed E-state index contributed by atoms with van der Waals surface area (Å²) in [5, 5.41) is 17.5. The van der Waals surface area contributed by atoms with Gasteiger partial charge >= 0.3 is 0 Å². The number of carbonyl (C=O) groups is 1. The van der Waals surface area contributed by atoms with Gasteiger partial charge in [0.1, 0.15) is 10.7 Å². The number of hydrogen-bond donors (Lipinski definition) is 3. The summed E-state index contributed by atoms with van der Waals surface area (Å²) < 4.78 is 0. The zero-order valence-corrected chi connectivity index (χ0v) is 14.2. The number of rotatable bonds is 6. The highest BCUT2D eigenvalue weighted by molar-refractivity contribution is 7.20. The van der Waals surface area contributed by atoms with Crippen LogP contribution in [0.15, 0.2) is 59.4 Å². The van der Waals surface area contributed by atoms with Crippen LogP contribution in [0.1, 0.15) is 10.5 Å². The number of hydrogen-bond acceptors (Lipinski definition) is 6. The minimum absolute atomic E-state index is 0.251. The lowest BCUT2D eigenvalue weighted by Gasteiger charge is -2.09. The molecule has 3 N–H and O–H groups in total. The van der Waals surface area contributed by atoms with Crippen LogP contribution in [0, 0.1) is 5.41 Å². The molecule has 2 heterocycles. The van der Waals surface area contributed by atoms with Crippen molar-refractivity contribution in [1.82, 2.24) is 4.98 Å². The summed E-state index contributed by atoms with van der Waals surface area (Å²) in [5.74, 6) is -0.251. The van der Waals surface area contributed by atoms with E-state index in [4.69, 9.17) is 5.41 Å². The van der Waals surface area contributed by atoms with Crippen LogP contribution < -0.4 is 10.6 Å². The van der Waals surface area contributed by atoms with Crippen molar-refractivity contribution in [1.29, 1.82) is 5.41 Å². The summed E-state index contributed by atoms with van der Waals surface area (Å²) in [7, 11) is 0. The average molecular weight is 354 g/mol. The lowest BCUT2D eigenvalue weighted by Crippen LogP contribution is -2.13. The molecule has 0 bridgehead atoms. The Labute approximate surface area is 147 Å². The topological polar surface area (TPSA) is 77.9 Å². The molecule has 0 saturated heterocycles. The first-order valence-corrected chi connectivity index (χ1v) is 8.86. The molecule has 0 spiro atoms. The Balaban J connectivity index is 1.75. The van der Waals surface area contributed by atoms with Gasteiger partial charge in [0.25, 0.3) is 5.91 Å². The number of amides is 1. The third-order valence-corrected chi connectivity index (χ3v) is 4.96. The van der Waals surface area contributed by atoms with Crippen LogP contribution in [-0.2, 0) is 0 Å².